The van der Waals surface area contributed by atoms with E-state index in [0.29, 0.717) is 12.1 Å². The minimum Gasteiger partial charge on any atom is -0.326 e. The zero-order valence-corrected chi connectivity index (χ0v) is 10.6. The summed E-state index contributed by atoms with van der Waals surface area (Å²) in [5.41, 5.74) is 9.28. The van der Waals surface area contributed by atoms with Crippen LogP contribution in [0.2, 0.25) is 0 Å². The summed E-state index contributed by atoms with van der Waals surface area (Å²) in [5.74, 6) is 0. The summed E-state index contributed by atoms with van der Waals surface area (Å²) < 4.78 is 0. The van der Waals surface area contributed by atoms with Gasteiger partial charge in [-0.25, -0.2) is 0 Å². The van der Waals surface area contributed by atoms with Crippen molar-refractivity contribution in [3.63, 3.8) is 0 Å². The molecule has 2 rings (SSSR count). The molecule has 0 aliphatic carbocycles. The predicted octanol–water partition coefficient (Wildman–Crippen LogP) is 2.11. The highest BCUT2D eigenvalue weighted by Crippen LogP contribution is 1.98. The molecule has 0 unspecified atom stereocenters. The van der Waals surface area contributed by atoms with E-state index in [9.17, 15) is 0 Å². The molecule has 2 heterocycles. The van der Waals surface area contributed by atoms with Crippen molar-refractivity contribution in [1.82, 2.24) is 9.97 Å². The first-order chi connectivity index (χ1) is 8.65. The quantitative estimate of drug-likeness (QED) is 0.828. The summed E-state index contributed by atoms with van der Waals surface area (Å²) >= 11 is 0. The van der Waals surface area contributed by atoms with Crippen LogP contribution in [0.5, 0.6) is 0 Å². The summed E-state index contributed by atoms with van der Waals surface area (Å²) in [6, 6.07) is 5.84. The predicted molar refractivity (Wildman–Crippen MR) is 70.6 cm³/mol. The standard InChI is InChI=1S/C7H10N2.C7H6N2/c2*1-6-2-7(3-8)5-9-4-6/h2,4-5H,3,8H2,1H3;2,4-5H,1H3. The molecule has 4 heteroatoms. The number of nitriles is 1. The second-order valence-corrected chi connectivity index (χ2v) is 3.94. The van der Waals surface area contributed by atoms with Gasteiger partial charge in [0.1, 0.15) is 6.07 Å². The van der Waals surface area contributed by atoms with Crippen molar-refractivity contribution in [1.29, 1.82) is 5.26 Å². The fraction of sp³-hybridized carbons (Fsp3) is 0.214. The largest absolute Gasteiger partial charge is 0.326 e. The third-order valence-corrected chi connectivity index (χ3v) is 2.17. The molecular weight excluding hydrogens is 224 g/mol. The molecule has 0 atom stereocenters. The normalized spacial score (nSPS) is 9.00. The smallest absolute Gasteiger partial charge is 0.101 e. The fourth-order valence-corrected chi connectivity index (χ4v) is 1.35. The Balaban J connectivity index is 0.000000180. The molecule has 0 amide bonds. The van der Waals surface area contributed by atoms with Crippen molar-refractivity contribution >= 4 is 0 Å². The Bertz CT molecular complexity index is 543. The van der Waals surface area contributed by atoms with E-state index in [0.717, 1.165) is 16.7 Å². The lowest BCUT2D eigenvalue weighted by Gasteiger charge is -1.94. The van der Waals surface area contributed by atoms with E-state index >= 15 is 0 Å². The van der Waals surface area contributed by atoms with Crippen molar-refractivity contribution in [2.24, 2.45) is 5.73 Å². The first-order valence-electron chi connectivity index (χ1n) is 5.58. The molecule has 0 saturated carbocycles. The Morgan fingerprint density at radius 1 is 1.06 bits per heavy atom. The molecule has 92 valence electrons. The number of hydrogen-bond donors (Lipinski definition) is 1. The SMILES string of the molecule is Cc1cncc(C#N)c1.Cc1cncc(CN)c1. The molecule has 0 saturated heterocycles. The Morgan fingerprint density at radius 3 is 2.06 bits per heavy atom. The van der Waals surface area contributed by atoms with Gasteiger partial charge in [0.2, 0.25) is 0 Å². The zero-order valence-electron chi connectivity index (χ0n) is 10.6. The van der Waals surface area contributed by atoms with E-state index < -0.39 is 0 Å². The fourth-order valence-electron chi connectivity index (χ4n) is 1.35. The van der Waals surface area contributed by atoms with Crippen LogP contribution in [0.1, 0.15) is 22.3 Å². The Kier molecular flexibility index (Phi) is 5.49. The van der Waals surface area contributed by atoms with Gasteiger partial charge in [-0.05, 0) is 36.6 Å². The van der Waals surface area contributed by atoms with Gasteiger partial charge in [0.25, 0.3) is 0 Å². The Hall–Kier alpha value is -2.25. The first kappa shape index (κ1) is 13.8. The van der Waals surface area contributed by atoms with Crippen LogP contribution in [0.3, 0.4) is 0 Å². The van der Waals surface area contributed by atoms with E-state index in [1.165, 1.54) is 0 Å². The molecule has 2 aromatic heterocycles. The van der Waals surface area contributed by atoms with E-state index in [4.69, 9.17) is 11.0 Å². The van der Waals surface area contributed by atoms with Gasteiger partial charge < -0.3 is 5.73 Å². The molecular formula is C14H16N4. The molecule has 0 spiro atoms. The topological polar surface area (TPSA) is 75.6 Å². The molecule has 0 aromatic carbocycles. The van der Waals surface area contributed by atoms with Crippen molar-refractivity contribution in [2.75, 3.05) is 0 Å². The van der Waals surface area contributed by atoms with E-state index in [2.05, 4.69) is 9.97 Å². The highest BCUT2D eigenvalue weighted by atomic mass is 14.6. The van der Waals surface area contributed by atoms with Gasteiger partial charge in [0, 0.05) is 31.3 Å². The molecule has 0 fully saturated rings. The molecule has 2 N–H and O–H groups in total. The molecule has 18 heavy (non-hydrogen) atoms. The highest BCUT2D eigenvalue weighted by molar-refractivity contribution is 5.27. The van der Waals surface area contributed by atoms with Crippen molar-refractivity contribution < 1.29 is 0 Å². The average molecular weight is 240 g/mol. The summed E-state index contributed by atoms with van der Waals surface area (Å²) in [6.07, 6.45) is 6.88. The van der Waals surface area contributed by atoms with Crippen LogP contribution in [-0.4, -0.2) is 9.97 Å². The van der Waals surface area contributed by atoms with Crippen LogP contribution in [0.4, 0.5) is 0 Å². The maximum atomic E-state index is 8.37. The maximum absolute atomic E-state index is 8.37. The number of nitrogens with zero attached hydrogens (tertiary/aromatic N) is 3. The maximum Gasteiger partial charge on any atom is 0.101 e. The molecule has 0 aliphatic heterocycles. The lowest BCUT2D eigenvalue weighted by atomic mass is 10.2. The van der Waals surface area contributed by atoms with Gasteiger partial charge in [-0.3, -0.25) is 9.97 Å². The first-order valence-corrected chi connectivity index (χ1v) is 5.58. The van der Waals surface area contributed by atoms with Crippen molar-refractivity contribution in [3.05, 3.63) is 59.2 Å². The molecule has 0 radical (unpaired) electrons. The van der Waals surface area contributed by atoms with E-state index in [-0.39, 0.29) is 0 Å². The van der Waals surface area contributed by atoms with Crippen LogP contribution in [0.15, 0.2) is 36.9 Å². The molecule has 0 aliphatic rings. The summed E-state index contributed by atoms with van der Waals surface area (Å²) in [4.78, 5) is 7.81. The Morgan fingerprint density at radius 2 is 1.67 bits per heavy atom. The highest BCUT2D eigenvalue weighted by Gasteiger charge is 1.88. The third kappa shape index (κ3) is 4.73. The van der Waals surface area contributed by atoms with Gasteiger partial charge in [-0.2, -0.15) is 5.26 Å². The minimum atomic E-state index is 0.578. The lowest BCUT2D eigenvalue weighted by molar-refractivity contribution is 1.04. The number of rotatable bonds is 1. The molecule has 4 nitrogen and oxygen atoms in total. The summed E-state index contributed by atoms with van der Waals surface area (Å²) in [5, 5.41) is 8.37. The summed E-state index contributed by atoms with van der Waals surface area (Å²) in [6.45, 7) is 4.49. The van der Waals surface area contributed by atoms with Gasteiger partial charge >= 0.3 is 0 Å². The average Bonchev–Trinajstić information content (AvgIpc) is 2.39. The number of nitrogens with two attached hydrogens (primary N) is 1. The van der Waals surface area contributed by atoms with Crippen LogP contribution in [0, 0.1) is 25.2 Å². The number of hydrogen-bond acceptors (Lipinski definition) is 4. The van der Waals surface area contributed by atoms with E-state index in [1.807, 2.05) is 32.2 Å². The third-order valence-electron chi connectivity index (χ3n) is 2.17. The van der Waals surface area contributed by atoms with Gasteiger partial charge in [0.15, 0.2) is 0 Å². The summed E-state index contributed by atoms with van der Waals surface area (Å²) in [7, 11) is 0. The number of pyridine rings is 2. The monoisotopic (exact) mass is 240 g/mol. The Labute approximate surface area is 107 Å². The minimum absolute atomic E-state index is 0.578. The number of aryl methyl sites for hydroxylation is 2. The van der Waals surface area contributed by atoms with Crippen LogP contribution in [0.25, 0.3) is 0 Å². The second-order valence-electron chi connectivity index (χ2n) is 3.94. The molecule has 2 aromatic rings. The van der Waals surface area contributed by atoms with Crippen molar-refractivity contribution in [2.45, 2.75) is 20.4 Å². The van der Waals surface area contributed by atoms with Gasteiger partial charge in [-0.1, -0.05) is 6.07 Å². The van der Waals surface area contributed by atoms with Crippen LogP contribution < -0.4 is 5.73 Å². The van der Waals surface area contributed by atoms with E-state index in [1.54, 1.807) is 24.7 Å². The second kappa shape index (κ2) is 7.15. The van der Waals surface area contributed by atoms with Crippen LogP contribution in [-0.2, 0) is 6.54 Å². The van der Waals surface area contributed by atoms with Crippen LogP contribution >= 0.6 is 0 Å². The zero-order chi connectivity index (χ0) is 13.4. The lowest BCUT2D eigenvalue weighted by Crippen LogP contribution is -1.96. The molecule has 0 bridgehead atoms. The van der Waals surface area contributed by atoms with Gasteiger partial charge in [0.05, 0.1) is 5.56 Å². The number of aromatic nitrogens is 2. The van der Waals surface area contributed by atoms with Crippen molar-refractivity contribution in [3.8, 4) is 6.07 Å². The van der Waals surface area contributed by atoms with Gasteiger partial charge in [-0.15, -0.1) is 0 Å².